The maximum absolute atomic E-state index is 11.8. The number of hydrogen-bond donors (Lipinski definition) is 2. The minimum absolute atomic E-state index is 0.266. The number of nitrogens with zero attached hydrogens (tertiary/aromatic N) is 3. The number of guanidine groups is 1. The normalized spacial score (nSPS) is 21.9. The van der Waals surface area contributed by atoms with Gasteiger partial charge in [0.05, 0.1) is 24.7 Å². The van der Waals surface area contributed by atoms with Crippen LogP contribution in [0, 0.1) is 0 Å². The highest BCUT2D eigenvalue weighted by molar-refractivity contribution is 7.89. The molecule has 0 aromatic heterocycles. The highest BCUT2D eigenvalue weighted by atomic mass is 32.2. The number of aliphatic imine (C=N–C) groups is 1. The Morgan fingerprint density at radius 2 is 1.93 bits per heavy atom. The molecule has 2 N–H and O–H groups in total. The Morgan fingerprint density at radius 1 is 1.21 bits per heavy atom. The molecule has 2 aliphatic rings. The van der Waals surface area contributed by atoms with Gasteiger partial charge in [-0.15, -0.1) is 0 Å². The summed E-state index contributed by atoms with van der Waals surface area (Å²) in [7, 11) is -1.99. The Bertz CT molecular complexity index is 760. The van der Waals surface area contributed by atoms with E-state index in [9.17, 15) is 8.42 Å². The first-order valence-electron chi connectivity index (χ1n) is 9.91. The van der Waals surface area contributed by atoms with Gasteiger partial charge in [0, 0.05) is 38.8 Å². The summed E-state index contributed by atoms with van der Waals surface area (Å²) in [6, 6.07) is 7.43. The predicted molar refractivity (Wildman–Crippen MR) is 110 cm³/mol. The van der Waals surface area contributed by atoms with Crippen LogP contribution in [0.25, 0.3) is 0 Å². The van der Waals surface area contributed by atoms with Crippen LogP contribution in [0.15, 0.2) is 34.2 Å². The Kier molecular flexibility index (Phi) is 7.28. The standard InChI is InChI=1S/C19H31N5O3S/c1-3-21-19(24-9-8-17(15-24)23-10-12-27-13-11-23)22-14-16-4-6-18(7-5-16)28(25,26)20-2/h4-7,17,20H,3,8-15H2,1-2H3,(H,21,22). The molecule has 2 fully saturated rings. The smallest absolute Gasteiger partial charge is 0.240 e. The molecule has 156 valence electrons. The van der Waals surface area contributed by atoms with Gasteiger partial charge in [0.15, 0.2) is 5.96 Å². The summed E-state index contributed by atoms with van der Waals surface area (Å²) in [6.45, 7) is 9.04. The minimum atomic E-state index is -3.40. The average molecular weight is 410 g/mol. The van der Waals surface area contributed by atoms with Gasteiger partial charge in [-0.3, -0.25) is 4.90 Å². The monoisotopic (exact) mass is 409 g/mol. The van der Waals surface area contributed by atoms with Crippen molar-refractivity contribution in [3.8, 4) is 0 Å². The zero-order valence-electron chi connectivity index (χ0n) is 16.7. The zero-order chi connectivity index (χ0) is 20.0. The van der Waals surface area contributed by atoms with Gasteiger partial charge >= 0.3 is 0 Å². The Labute approximate surface area is 168 Å². The fourth-order valence-corrected chi connectivity index (χ4v) is 4.39. The second kappa shape index (κ2) is 9.69. The number of hydrogen-bond acceptors (Lipinski definition) is 5. The fourth-order valence-electron chi connectivity index (χ4n) is 3.66. The summed E-state index contributed by atoms with van der Waals surface area (Å²) < 4.78 is 31.5. The van der Waals surface area contributed by atoms with Crippen molar-refractivity contribution in [2.24, 2.45) is 4.99 Å². The molecule has 0 spiro atoms. The molecule has 0 amide bonds. The van der Waals surface area contributed by atoms with E-state index in [1.54, 1.807) is 12.1 Å². The van der Waals surface area contributed by atoms with E-state index < -0.39 is 10.0 Å². The molecule has 1 aromatic carbocycles. The number of likely N-dealkylation sites (tertiary alicyclic amines) is 1. The van der Waals surface area contributed by atoms with E-state index in [-0.39, 0.29) is 4.90 Å². The van der Waals surface area contributed by atoms with Crippen LogP contribution in [0.4, 0.5) is 0 Å². The van der Waals surface area contributed by atoms with E-state index >= 15 is 0 Å². The van der Waals surface area contributed by atoms with Crippen molar-refractivity contribution >= 4 is 16.0 Å². The summed E-state index contributed by atoms with van der Waals surface area (Å²) in [5.41, 5.74) is 0.981. The van der Waals surface area contributed by atoms with Crippen LogP contribution in [0.1, 0.15) is 18.9 Å². The van der Waals surface area contributed by atoms with Crippen molar-refractivity contribution < 1.29 is 13.2 Å². The van der Waals surface area contributed by atoms with Crippen LogP contribution in [0.2, 0.25) is 0 Å². The molecule has 0 aliphatic carbocycles. The second-order valence-corrected chi connectivity index (χ2v) is 8.95. The molecule has 0 radical (unpaired) electrons. The SMILES string of the molecule is CCNC(=NCc1ccc(S(=O)(=O)NC)cc1)N1CCC(N2CCOCC2)C1. The largest absolute Gasteiger partial charge is 0.379 e. The van der Waals surface area contributed by atoms with Gasteiger partial charge in [-0.1, -0.05) is 12.1 Å². The van der Waals surface area contributed by atoms with E-state index in [1.807, 2.05) is 12.1 Å². The van der Waals surface area contributed by atoms with Crippen molar-refractivity contribution in [1.29, 1.82) is 0 Å². The quantitative estimate of drug-likeness (QED) is 0.525. The Balaban J connectivity index is 1.63. The first-order valence-corrected chi connectivity index (χ1v) is 11.4. The molecule has 28 heavy (non-hydrogen) atoms. The fraction of sp³-hybridized carbons (Fsp3) is 0.632. The van der Waals surface area contributed by atoms with Crippen LogP contribution in [0.5, 0.6) is 0 Å². The maximum Gasteiger partial charge on any atom is 0.240 e. The van der Waals surface area contributed by atoms with Crippen molar-refractivity contribution in [2.75, 3.05) is 53.0 Å². The molecule has 1 atom stereocenters. The van der Waals surface area contributed by atoms with E-state index in [4.69, 9.17) is 9.73 Å². The Morgan fingerprint density at radius 3 is 2.57 bits per heavy atom. The number of benzene rings is 1. The average Bonchev–Trinajstić information content (AvgIpc) is 3.22. The number of ether oxygens (including phenoxy) is 1. The van der Waals surface area contributed by atoms with Crippen molar-refractivity contribution in [3.05, 3.63) is 29.8 Å². The van der Waals surface area contributed by atoms with Gasteiger partial charge in [0.1, 0.15) is 0 Å². The molecular formula is C19H31N5O3S. The van der Waals surface area contributed by atoms with E-state index in [2.05, 4.69) is 26.8 Å². The Hall–Kier alpha value is -1.68. The highest BCUT2D eigenvalue weighted by Crippen LogP contribution is 2.17. The first kappa shape index (κ1) is 21.0. The lowest BCUT2D eigenvalue weighted by atomic mass is 10.2. The summed E-state index contributed by atoms with van der Waals surface area (Å²) in [6.07, 6.45) is 1.14. The van der Waals surface area contributed by atoms with Crippen LogP contribution in [0.3, 0.4) is 0 Å². The molecule has 2 heterocycles. The lowest BCUT2D eigenvalue weighted by Crippen LogP contribution is -2.46. The molecule has 0 saturated carbocycles. The maximum atomic E-state index is 11.8. The van der Waals surface area contributed by atoms with E-state index in [1.165, 1.54) is 7.05 Å². The van der Waals surface area contributed by atoms with Gasteiger partial charge in [-0.25, -0.2) is 18.1 Å². The number of sulfonamides is 1. The number of nitrogens with one attached hydrogen (secondary N) is 2. The second-order valence-electron chi connectivity index (χ2n) is 7.06. The number of rotatable bonds is 6. The molecule has 2 aliphatic heterocycles. The van der Waals surface area contributed by atoms with Crippen LogP contribution < -0.4 is 10.0 Å². The summed E-state index contributed by atoms with van der Waals surface area (Å²) in [5, 5.41) is 3.39. The zero-order valence-corrected chi connectivity index (χ0v) is 17.5. The summed E-state index contributed by atoms with van der Waals surface area (Å²) >= 11 is 0. The van der Waals surface area contributed by atoms with E-state index in [0.29, 0.717) is 12.6 Å². The topological polar surface area (TPSA) is 86.3 Å². The van der Waals surface area contributed by atoms with Crippen molar-refractivity contribution in [2.45, 2.75) is 30.8 Å². The van der Waals surface area contributed by atoms with Crippen LogP contribution >= 0.6 is 0 Å². The van der Waals surface area contributed by atoms with Gasteiger partial charge < -0.3 is 15.0 Å². The van der Waals surface area contributed by atoms with Gasteiger partial charge in [0.2, 0.25) is 10.0 Å². The van der Waals surface area contributed by atoms with Crippen LogP contribution in [-0.4, -0.2) is 83.2 Å². The van der Waals surface area contributed by atoms with Gasteiger partial charge in [0.25, 0.3) is 0 Å². The van der Waals surface area contributed by atoms with Crippen molar-refractivity contribution in [3.63, 3.8) is 0 Å². The molecule has 9 heteroatoms. The molecule has 3 rings (SSSR count). The highest BCUT2D eigenvalue weighted by Gasteiger charge is 2.30. The number of morpholine rings is 1. The predicted octanol–water partition coefficient (Wildman–Crippen LogP) is 0.467. The molecule has 8 nitrogen and oxygen atoms in total. The van der Waals surface area contributed by atoms with E-state index in [0.717, 1.165) is 63.9 Å². The molecule has 2 saturated heterocycles. The first-order chi connectivity index (χ1) is 13.5. The third kappa shape index (κ3) is 5.22. The van der Waals surface area contributed by atoms with Crippen LogP contribution in [-0.2, 0) is 21.3 Å². The summed E-state index contributed by atoms with van der Waals surface area (Å²) in [4.78, 5) is 9.89. The third-order valence-corrected chi connectivity index (χ3v) is 6.70. The lowest BCUT2D eigenvalue weighted by molar-refractivity contribution is 0.0195. The molecular weight excluding hydrogens is 378 g/mol. The molecule has 1 unspecified atom stereocenters. The summed E-state index contributed by atoms with van der Waals surface area (Å²) in [5.74, 6) is 0.921. The third-order valence-electron chi connectivity index (χ3n) is 5.27. The van der Waals surface area contributed by atoms with Crippen molar-refractivity contribution in [1.82, 2.24) is 19.8 Å². The van der Waals surface area contributed by atoms with Gasteiger partial charge in [-0.2, -0.15) is 0 Å². The molecule has 1 aromatic rings. The minimum Gasteiger partial charge on any atom is -0.379 e. The van der Waals surface area contributed by atoms with Gasteiger partial charge in [-0.05, 0) is 38.1 Å². The molecule has 0 bridgehead atoms. The lowest BCUT2D eigenvalue weighted by Gasteiger charge is -2.32.